The van der Waals surface area contributed by atoms with Gasteiger partial charge in [0, 0.05) is 29.0 Å². The first-order valence-corrected chi connectivity index (χ1v) is 13.1. The van der Waals surface area contributed by atoms with E-state index in [1.165, 1.54) is 25.6 Å². The normalized spacial score (nSPS) is 16.3. The third kappa shape index (κ3) is 5.05. The Hall–Kier alpha value is -2.57. The number of ether oxygens (including phenoxy) is 2. The fourth-order valence-electron chi connectivity index (χ4n) is 4.35. The molecule has 4 aliphatic rings. The molecule has 1 amide bonds. The number of nitrogen functional groups attached to an aromatic ring is 1. The number of likely N-dealkylation sites (tertiary alicyclic amines) is 1. The van der Waals surface area contributed by atoms with Crippen LogP contribution in [0, 0.1) is 5.92 Å². The number of carbonyl (C=O) groups is 1. The number of nitrogens with two attached hydrogens (primary N) is 1. The zero-order valence-electron chi connectivity index (χ0n) is 19.5. The molecule has 0 aliphatic carbocycles. The Balaban J connectivity index is 1.27. The Morgan fingerprint density at radius 2 is 1.97 bits per heavy atom. The van der Waals surface area contributed by atoms with Gasteiger partial charge in [0.15, 0.2) is 34.0 Å². The quantitative estimate of drug-likeness (QED) is 0.464. The van der Waals surface area contributed by atoms with E-state index >= 15 is 0 Å². The van der Waals surface area contributed by atoms with Crippen molar-refractivity contribution in [1.29, 1.82) is 0 Å². The van der Waals surface area contributed by atoms with Crippen LogP contribution in [-0.2, 0) is 11.3 Å². The van der Waals surface area contributed by atoms with Gasteiger partial charge in [0.2, 0.25) is 6.79 Å². The molecule has 0 bridgehead atoms. The summed E-state index contributed by atoms with van der Waals surface area (Å²) in [4.78, 5) is 28.7. The number of fused-ring (bicyclic) bond motifs is 2. The minimum absolute atomic E-state index is 0.207. The van der Waals surface area contributed by atoms with Crippen LogP contribution in [0.1, 0.15) is 33.1 Å². The largest absolute Gasteiger partial charge is 0.454 e. The number of carbonyl (C=O) groups excluding carboxylic acids is 1. The monoisotopic (exact) mass is 562 g/mol. The van der Waals surface area contributed by atoms with E-state index < -0.39 is 5.60 Å². The lowest BCUT2D eigenvalue weighted by Crippen LogP contribution is -2.48. The van der Waals surface area contributed by atoms with Crippen molar-refractivity contribution in [2.24, 2.45) is 5.92 Å². The molecular weight excluding hydrogens is 536 g/mol. The molecule has 1 fully saturated rings. The second-order valence-corrected chi connectivity index (χ2v) is 11.2. The Bertz CT molecular complexity index is 1220. The fourth-order valence-corrected chi connectivity index (χ4v) is 5.70. The second kappa shape index (κ2) is 9.47. The number of rotatable bonds is 6. The summed E-state index contributed by atoms with van der Waals surface area (Å²) in [6.45, 7) is 5.34. The van der Waals surface area contributed by atoms with E-state index in [9.17, 15) is 9.90 Å². The number of nitrogens with zero attached hydrogens (tertiary/aromatic N) is 5. The number of imidazole rings is 1. The molecule has 186 valence electrons. The van der Waals surface area contributed by atoms with Crippen LogP contribution in [0.4, 0.5) is 5.82 Å². The van der Waals surface area contributed by atoms with Crippen molar-refractivity contribution in [1.82, 2.24) is 24.4 Å². The average Bonchev–Trinajstić information content (AvgIpc) is 3.45. The summed E-state index contributed by atoms with van der Waals surface area (Å²) in [7, 11) is 0. The molecule has 5 rings (SSSR count). The van der Waals surface area contributed by atoms with E-state index in [2.05, 4.69) is 25.9 Å². The van der Waals surface area contributed by atoms with E-state index in [4.69, 9.17) is 20.2 Å². The highest BCUT2D eigenvalue weighted by molar-refractivity contribution is 9.10. The number of aromatic nitrogens is 4. The predicted octanol–water partition coefficient (Wildman–Crippen LogP) is 3.40. The maximum atomic E-state index is 12.3. The highest BCUT2D eigenvalue weighted by atomic mass is 79.9. The first kappa shape index (κ1) is 24.1. The number of aryl methyl sites for hydroxylation is 1. The van der Waals surface area contributed by atoms with Gasteiger partial charge in [-0.25, -0.2) is 15.0 Å². The molecule has 0 aromatic heterocycles. The van der Waals surface area contributed by atoms with Crippen LogP contribution >= 0.6 is 27.7 Å². The van der Waals surface area contributed by atoms with E-state index in [0.717, 1.165) is 35.2 Å². The third-order valence-electron chi connectivity index (χ3n) is 6.30. The zero-order chi connectivity index (χ0) is 24.7. The molecule has 0 radical (unpaired) electrons. The molecule has 1 aromatic carbocycles. The number of amides is 1. The van der Waals surface area contributed by atoms with E-state index in [-0.39, 0.29) is 12.7 Å². The number of hydrogen-bond acceptors (Lipinski definition) is 9. The van der Waals surface area contributed by atoms with Crippen LogP contribution in [0.3, 0.4) is 0 Å². The second-order valence-electron chi connectivity index (χ2n) is 9.32. The highest BCUT2D eigenvalue weighted by Crippen LogP contribution is 2.43. The van der Waals surface area contributed by atoms with Gasteiger partial charge in [-0.1, -0.05) is 0 Å². The van der Waals surface area contributed by atoms with Crippen molar-refractivity contribution < 1.29 is 19.4 Å². The highest BCUT2D eigenvalue weighted by Gasteiger charge is 2.32. The maximum absolute atomic E-state index is 12.3. The molecule has 0 saturated carbocycles. The SMILES string of the molecule is CC(C)(O)C(=O)N1CCC(CCn2cnc(N)c3nc(Sc4cc5c(cc4Br)OCO5)nc2-3)CC1. The van der Waals surface area contributed by atoms with Gasteiger partial charge in [-0.3, -0.25) is 4.79 Å². The van der Waals surface area contributed by atoms with Crippen molar-refractivity contribution in [2.45, 2.75) is 55.3 Å². The molecule has 1 saturated heterocycles. The van der Waals surface area contributed by atoms with Gasteiger partial charge in [0.1, 0.15) is 5.60 Å². The molecule has 10 nitrogen and oxygen atoms in total. The minimum atomic E-state index is -1.33. The van der Waals surface area contributed by atoms with Crippen molar-refractivity contribution in [3.05, 3.63) is 22.9 Å². The van der Waals surface area contributed by atoms with Crippen molar-refractivity contribution in [3.8, 4) is 23.0 Å². The number of benzene rings is 1. The molecule has 4 heterocycles. The molecule has 0 spiro atoms. The number of anilines is 1. The van der Waals surface area contributed by atoms with Crippen LogP contribution in [0.25, 0.3) is 11.5 Å². The summed E-state index contributed by atoms with van der Waals surface area (Å²) in [5.41, 5.74) is 5.37. The maximum Gasteiger partial charge on any atom is 0.253 e. The van der Waals surface area contributed by atoms with Gasteiger partial charge in [0.05, 0.1) is 6.33 Å². The number of piperidine rings is 1. The summed E-state index contributed by atoms with van der Waals surface area (Å²) in [6.07, 6.45) is 4.45. The van der Waals surface area contributed by atoms with Gasteiger partial charge in [0.25, 0.3) is 5.91 Å². The first-order chi connectivity index (χ1) is 16.7. The Morgan fingerprint density at radius 1 is 1.26 bits per heavy atom. The zero-order valence-corrected chi connectivity index (χ0v) is 21.9. The van der Waals surface area contributed by atoms with Crippen LogP contribution < -0.4 is 15.2 Å². The first-order valence-electron chi connectivity index (χ1n) is 11.5. The number of hydrogen-bond donors (Lipinski definition) is 2. The van der Waals surface area contributed by atoms with Crippen molar-refractivity contribution >= 4 is 39.4 Å². The molecule has 0 atom stereocenters. The van der Waals surface area contributed by atoms with E-state index in [0.29, 0.717) is 53.0 Å². The lowest BCUT2D eigenvalue weighted by Gasteiger charge is -2.35. The van der Waals surface area contributed by atoms with Gasteiger partial charge < -0.3 is 29.8 Å². The number of halogens is 1. The lowest BCUT2D eigenvalue weighted by atomic mass is 9.92. The van der Waals surface area contributed by atoms with Gasteiger partial charge in [-0.15, -0.1) is 0 Å². The van der Waals surface area contributed by atoms with Crippen molar-refractivity contribution in [3.63, 3.8) is 0 Å². The lowest BCUT2D eigenvalue weighted by molar-refractivity contribution is -0.149. The van der Waals surface area contributed by atoms with Gasteiger partial charge >= 0.3 is 0 Å². The summed E-state index contributed by atoms with van der Waals surface area (Å²) in [5, 5.41) is 10.6. The molecule has 1 aromatic rings. The Labute approximate surface area is 215 Å². The molecule has 0 unspecified atom stereocenters. The standard InChI is InChI=1S/C23H27BrN6O4S/c1-23(2,32)21(31)29-6-3-13(4-7-29)5-8-30-11-26-19(25)18-20(30)28-22(27-18)35-17-10-16-15(9-14(17)24)33-12-34-16/h9-11,13,32H,3-8,12,25H2,1-2H3. The van der Waals surface area contributed by atoms with Crippen molar-refractivity contribution in [2.75, 3.05) is 25.6 Å². The number of aliphatic hydroxyl groups is 1. The van der Waals surface area contributed by atoms with Crippen LogP contribution in [-0.4, -0.2) is 60.9 Å². The molecule has 4 aliphatic heterocycles. The van der Waals surface area contributed by atoms with Gasteiger partial charge in [-0.2, -0.15) is 0 Å². The average molecular weight is 563 g/mol. The van der Waals surface area contributed by atoms with Crippen LogP contribution in [0.5, 0.6) is 11.5 Å². The molecular formula is C23H27BrN6O4S. The van der Waals surface area contributed by atoms with E-state index in [1.807, 2.05) is 16.7 Å². The van der Waals surface area contributed by atoms with Crippen LogP contribution in [0.15, 0.2) is 33.0 Å². The van der Waals surface area contributed by atoms with Crippen LogP contribution in [0.2, 0.25) is 0 Å². The van der Waals surface area contributed by atoms with Gasteiger partial charge in [-0.05, 0) is 78.9 Å². The predicted molar refractivity (Wildman–Crippen MR) is 133 cm³/mol. The summed E-state index contributed by atoms with van der Waals surface area (Å²) in [6, 6.07) is 3.78. The molecule has 3 N–H and O–H groups in total. The van der Waals surface area contributed by atoms with E-state index in [1.54, 1.807) is 11.2 Å². The Morgan fingerprint density at radius 3 is 2.69 bits per heavy atom. The minimum Gasteiger partial charge on any atom is -0.454 e. The topological polar surface area (TPSA) is 129 Å². The summed E-state index contributed by atoms with van der Waals surface area (Å²) in [5.74, 6) is 2.71. The third-order valence-corrected chi connectivity index (χ3v) is 8.14. The summed E-state index contributed by atoms with van der Waals surface area (Å²) < 4.78 is 13.8. The molecule has 12 heteroatoms. The summed E-state index contributed by atoms with van der Waals surface area (Å²) >= 11 is 5.00. The smallest absolute Gasteiger partial charge is 0.253 e. The fraction of sp³-hybridized carbons (Fsp3) is 0.478. The molecule has 35 heavy (non-hydrogen) atoms. The Kier molecular flexibility index (Phi) is 6.53.